The molecule has 7 heteroatoms. The Labute approximate surface area is 162 Å². The second-order valence-electron chi connectivity index (χ2n) is 6.61. The highest BCUT2D eigenvalue weighted by atomic mass is 35.5. The number of piperidine rings is 1. The molecule has 2 N–H and O–H groups in total. The van der Waals surface area contributed by atoms with Gasteiger partial charge >= 0.3 is 0 Å². The molecule has 25 heavy (non-hydrogen) atoms. The smallest absolute Gasteiger partial charge is 0.227 e. The lowest BCUT2D eigenvalue weighted by Crippen LogP contribution is -2.40. The molecule has 0 bridgehead atoms. The quantitative estimate of drug-likeness (QED) is 0.830. The lowest BCUT2D eigenvalue weighted by molar-refractivity contribution is -0.120. The summed E-state index contributed by atoms with van der Waals surface area (Å²) in [5.74, 6) is 0.274. The normalized spacial score (nSPS) is 23.9. The van der Waals surface area contributed by atoms with Gasteiger partial charge < -0.3 is 15.4 Å². The zero-order chi connectivity index (χ0) is 16.1. The SMILES string of the molecule is C[C@H]1C[C@@H](C(=O)Nc2ccccc2CN2CCOCC2)CCN1.Cl.Cl. The number of carbonyl (C=O) groups excluding carboxylic acids is 1. The van der Waals surface area contributed by atoms with Gasteiger partial charge in [-0.3, -0.25) is 9.69 Å². The second kappa shape index (κ2) is 11.0. The van der Waals surface area contributed by atoms with E-state index in [0.717, 1.165) is 57.9 Å². The van der Waals surface area contributed by atoms with Crippen LogP contribution in [0.2, 0.25) is 0 Å². The van der Waals surface area contributed by atoms with Crippen molar-refractivity contribution in [2.45, 2.75) is 32.4 Å². The molecule has 3 rings (SSSR count). The number of halogens is 2. The van der Waals surface area contributed by atoms with Crippen molar-refractivity contribution in [1.82, 2.24) is 10.2 Å². The van der Waals surface area contributed by atoms with E-state index in [1.54, 1.807) is 0 Å². The molecule has 2 atom stereocenters. The maximum atomic E-state index is 12.6. The molecule has 0 saturated carbocycles. The number of amides is 1. The summed E-state index contributed by atoms with van der Waals surface area (Å²) in [5.41, 5.74) is 2.14. The fourth-order valence-electron chi connectivity index (χ4n) is 3.39. The van der Waals surface area contributed by atoms with Gasteiger partial charge in [0.05, 0.1) is 13.2 Å². The van der Waals surface area contributed by atoms with E-state index < -0.39 is 0 Å². The third-order valence-electron chi connectivity index (χ3n) is 4.77. The Hall–Kier alpha value is -0.850. The summed E-state index contributed by atoms with van der Waals surface area (Å²) in [4.78, 5) is 15.0. The fraction of sp³-hybridized carbons (Fsp3) is 0.611. The van der Waals surface area contributed by atoms with Gasteiger partial charge in [-0.05, 0) is 37.9 Å². The number of anilines is 1. The van der Waals surface area contributed by atoms with Crippen LogP contribution in [0.3, 0.4) is 0 Å². The van der Waals surface area contributed by atoms with Crippen molar-refractivity contribution in [3.8, 4) is 0 Å². The molecule has 0 spiro atoms. The minimum absolute atomic E-state index is 0. The third kappa shape index (κ3) is 6.42. The van der Waals surface area contributed by atoms with Gasteiger partial charge in [0.2, 0.25) is 5.91 Å². The van der Waals surface area contributed by atoms with E-state index in [0.29, 0.717) is 6.04 Å². The van der Waals surface area contributed by atoms with Crippen LogP contribution in [0.5, 0.6) is 0 Å². The van der Waals surface area contributed by atoms with Gasteiger partial charge in [-0.15, -0.1) is 24.8 Å². The number of ether oxygens (including phenoxy) is 1. The largest absolute Gasteiger partial charge is 0.379 e. The summed E-state index contributed by atoms with van der Waals surface area (Å²) in [5, 5.41) is 6.56. The van der Waals surface area contributed by atoms with Crippen molar-refractivity contribution < 1.29 is 9.53 Å². The zero-order valence-electron chi connectivity index (χ0n) is 14.7. The van der Waals surface area contributed by atoms with E-state index in [4.69, 9.17) is 4.74 Å². The average molecular weight is 390 g/mol. The summed E-state index contributed by atoms with van der Waals surface area (Å²) >= 11 is 0. The lowest BCUT2D eigenvalue weighted by Gasteiger charge is -2.29. The number of nitrogens with one attached hydrogen (secondary N) is 2. The first kappa shape index (κ1) is 22.2. The summed E-state index contributed by atoms with van der Waals surface area (Å²) in [7, 11) is 0. The number of carbonyl (C=O) groups is 1. The number of hydrogen-bond donors (Lipinski definition) is 2. The van der Waals surface area contributed by atoms with Crippen molar-refractivity contribution in [3.63, 3.8) is 0 Å². The van der Waals surface area contributed by atoms with Gasteiger partial charge in [0.15, 0.2) is 0 Å². The Morgan fingerprint density at radius 3 is 2.72 bits per heavy atom. The van der Waals surface area contributed by atoms with Crippen LogP contribution in [0, 0.1) is 5.92 Å². The number of hydrogen-bond acceptors (Lipinski definition) is 4. The number of benzene rings is 1. The minimum Gasteiger partial charge on any atom is -0.379 e. The van der Waals surface area contributed by atoms with Crippen LogP contribution < -0.4 is 10.6 Å². The summed E-state index contributed by atoms with van der Waals surface area (Å²) in [6.45, 7) is 7.42. The van der Waals surface area contributed by atoms with Crippen LogP contribution in [0.15, 0.2) is 24.3 Å². The first-order valence-corrected chi connectivity index (χ1v) is 8.64. The highest BCUT2D eigenvalue weighted by Crippen LogP contribution is 2.22. The Bertz CT molecular complexity index is 539. The predicted octanol–water partition coefficient (Wildman–Crippen LogP) is 2.69. The van der Waals surface area contributed by atoms with Gasteiger partial charge in [0.1, 0.15) is 0 Å². The van der Waals surface area contributed by atoms with Gasteiger partial charge in [-0.1, -0.05) is 18.2 Å². The molecule has 0 aromatic heterocycles. The number of nitrogens with zero attached hydrogens (tertiary/aromatic N) is 1. The molecular weight excluding hydrogens is 361 g/mol. The molecule has 0 unspecified atom stereocenters. The molecule has 2 aliphatic heterocycles. The Morgan fingerprint density at radius 1 is 1.28 bits per heavy atom. The molecule has 0 radical (unpaired) electrons. The molecular formula is C18H29Cl2N3O2. The topological polar surface area (TPSA) is 53.6 Å². The fourth-order valence-corrected chi connectivity index (χ4v) is 3.39. The van der Waals surface area contributed by atoms with Gasteiger partial charge in [-0.2, -0.15) is 0 Å². The zero-order valence-corrected chi connectivity index (χ0v) is 16.3. The van der Waals surface area contributed by atoms with Crippen LogP contribution in [0.25, 0.3) is 0 Å². The summed E-state index contributed by atoms with van der Waals surface area (Å²) in [6, 6.07) is 8.57. The van der Waals surface area contributed by atoms with Crippen LogP contribution in [-0.2, 0) is 16.1 Å². The predicted molar refractivity (Wildman–Crippen MR) is 106 cm³/mol. The molecule has 1 aromatic carbocycles. The number of morpholine rings is 1. The molecule has 1 amide bonds. The maximum absolute atomic E-state index is 12.6. The maximum Gasteiger partial charge on any atom is 0.227 e. The van der Waals surface area contributed by atoms with Gasteiger partial charge in [0, 0.05) is 37.3 Å². The van der Waals surface area contributed by atoms with Crippen molar-refractivity contribution in [3.05, 3.63) is 29.8 Å². The van der Waals surface area contributed by atoms with E-state index in [2.05, 4.69) is 28.5 Å². The monoisotopic (exact) mass is 389 g/mol. The summed E-state index contributed by atoms with van der Waals surface area (Å²) in [6.07, 6.45) is 1.83. The minimum atomic E-state index is 0. The van der Waals surface area contributed by atoms with Crippen molar-refractivity contribution in [2.24, 2.45) is 5.92 Å². The molecule has 142 valence electrons. The Morgan fingerprint density at radius 2 is 2.00 bits per heavy atom. The Balaban J connectivity index is 0.00000156. The van der Waals surface area contributed by atoms with E-state index >= 15 is 0 Å². The Kier molecular flexibility index (Phi) is 9.75. The van der Waals surface area contributed by atoms with Gasteiger partial charge in [-0.25, -0.2) is 0 Å². The standard InChI is InChI=1S/C18H27N3O2.2ClH/c1-14-12-15(6-7-19-14)18(22)20-17-5-3-2-4-16(17)13-21-8-10-23-11-9-21;;/h2-5,14-15,19H,6-13H2,1H3,(H,20,22);2*1H/t14-,15-;;/m0../s1. The summed E-state index contributed by atoms with van der Waals surface area (Å²) < 4.78 is 5.40. The molecule has 0 aliphatic carbocycles. The van der Waals surface area contributed by atoms with Crippen molar-refractivity contribution >= 4 is 36.4 Å². The second-order valence-corrected chi connectivity index (χ2v) is 6.61. The van der Waals surface area contributed by atoms with Gasteiger partial charge in [0.25, 0.3) is 0 Å². The van der Waals surface area contributed by atoms with Crippen molar-refractivity contribution in [1.29, 1.82) is 0 Å². The molecule has 2 aliphatic rings. The lowest BCUT2D eigenvalue weighted by atomic mass is 9.92. The molecule has 5 nitrogen and oxygen atoms in total. The van der Waals surface area contributed by atoms with Crippen LogP contribution in [-0.4, -0.2) is 49.7 Å². The highest BCUT2D eigenvalue weighted by molar-refractivity contribution is 5.93. The van der Waals surface area contributed by atoms with Crippen LogP contribution in [0.4, 0.5) is 5.69 Å². The van der Waals surface area contributed by atoms with Crippen molar-refractivity contribution in [2.75, 3.05) is 38.2 Å². The molecule has 2 saturated heterocycles. The van der Waals surface area contributed by atoms with E-state index in [-0.39, 0.29) is 36.6 Å². The molecule has 2 fully saturated rings. The van der Waals surface area contributed by atoms with E-state index in [1.165, 1.54) is 5.56 Å². The number of para-hydroxylation sites is 1. The first-order chi connectivity index (χ1) is 11.2. The molecule has 1 aromatic rings. The highest BCUT2D eigenvalue weighted by Gasteiger charge is 2.25. The first-order valence-electron chi connectivity index (χ1n) is 8.64. The van der Waals surface area contributed by atoms with E-state index in [1.807, 2.05) is 18.2 Å². The van der Waals surface area contributed by atoms with Crippen LogP contribution >= 0.6 is 24.8 Å². The third-order valence-corrected chi connectivity index (χ3v) is 4.77. The van der Waals surface area contributed by atoms with Crippen LogP contribution in [0.1, 0.15) is 25.3 Å². The van der Waals surface area contributed by atoms with E-state index in [9.17, 15) is 4.79 Å². The number of rotatable bonds is 4. The molecule has 2 heterocycles. The average Bonchev–Trinajstić information content (AvgIpc) is 2.57.